The monoisotopic (exact) mass is 243 g/mol. The first-order valence-electron chi connectivity index (χ1n) is 7.06. The number of hydrogen-bond donors (Lipinski definition) is 2. The summed E-state index contributed by atoms with van der Waals surface area (Å²) < 4.78 is 0. The highest BCUT2D eigenvalue weighted by Crippen LogP contribution is 2.18. The van der Waals surface area contributed by atoms with Crippen molar-refractivity contribution in [3.63, 3.8) is 0 Å². The third-order valence-electron chi connectivity index (χ3n) is 3.86. The Bertz CT molecular complexity index is 464. The van der Waals surface area contributed by atoms with Crippen LogP contribution in [0.2, 0.25) is 0 Å². The van der Waals surface area contributed by atoms with Gasteiger partial charge in [0.15, 0.2) is 0 Å². The smallest absolute Gasteiger partial charge is 0.107 e. The summed E-state index contributed by atoms with van der Waals surface area (Å²) in [5, 5.41) is 3.48. The van der Waals surface area contributed by atoms with E-state index < -0.39 is 0 Å². The predicted molar refractivity (Wildman–Crippen MR) is 74.6 cm³/mol. The zero-order valence-electron chi connectivity index (χ0n) is 10.8. The van der Waals surface area contributed by atoms with Gasteiger partial charge in [0.05, 0.1) is 11.0 Å². The van der Waals surface area contributed by atoms with E-state index in [1.165, 1.54) is 38.8 Å². The molecular formula is C15H21N3. The molecule has 1 saturated heterocycles. The molecule has 1 unspecified atom stereocenters. The van der Waals surface area contributed by atoms with Crippen molar-refractivity contribution in [1.82, 2.24) is 15.3 Å². The molecule has 2 aromatic rings. The molecule has 3 nitrogen and oxygen atoms in total. The highest BCUT2D eigenvalue weighted by molar-refractivity contribution is 5.74. The van der Waals surface area contributed by atoms with Crippen molar-refractivity contribution in [2.45, 2.75) is 32.1 Å². The molecule has 0 bridgehead atoms. The quantitative estimate of drug-likeness (QED) is 0.867. The second kappa shape index (κ2) is 5.53. The van der Waals surface area contributed by atoms with E-state index in [1.54, 1.807) is 0 Å². The highest BCUT2D eigenvalue weighted by atomic mass is 14.9. The molecule has 0 spiro atoms. The Morgan fingerprint density at radius 1 is 1.28 bits per heavy atom. The molecule has 3 rings (SSSR count). The number of aryl methyl sites for hydroxylation is 1. The van der Waals surface area contributed by atoms with Crippen LogP contribution in [0.4, 0.5) is 0 Å². The molecule has 1 aromatic heterocycles. The lowest BCUT2D eigenvalue weighted by Gasteiger charge is -2.22. The van der Waals surface area contributed by atoms with Crippen LogP contribution >= 0.6 is 0 Å². The normalized spacial score (nSPS) is 20.3. The standard InChI is InChI=1S/C15H21N3/c1-2-8-14-13(7-1)17-15(18-14)9-3-5-12-6-4-10-16-11-12/h1-2,7-8,12,16H,3-6,9-11H2,(H,17,18). The third kappa shape index (κ3) is 2.72. The molecule has 0 aliphatic carbocycles. The number of piperidine rings is 1. The van der Waals surface area contributed by atoms with Gasteiger partial charge in [0, 0.05) is 6.42 Å². The van der Waals surface area contributed by atoms with E-state index >= 15 is 0 Å². The Kier molecular flexibility index (Phi) is 3.60. The first kappa shape index (κ1) is 11.7. The van der Waals surface area contributed by atoms with E-state index in [9.17, 15) is 0 Å². The van der Waals surface area contributed by atoms with Crippen LogP contribution < -0.4 is 5.32 Å². The van der Waals surface area contributed by atoms with Gasteiger partial charge in [-0.25, -0.2) is 4.98 Å². The van der Waals surface area contributed by atoms with Gasteiger partial charge in [-0.2, -0.15) is 0 Å². The van der Waals surface area contributed by atoms with Crippen molar-refractivity contribution in [2.75, 3.05) is 13.1 Å². The number of benzene rings is 1. The number of nitrogens with zero attached hydrogens (tertiary/aromatic N) is 1. The number of para-hydroxylation sites is 2. The summed E-state index contributed by atoms with van der Waals surface area (Å²) in [7, 11) is 0. The number of nitrogens with one attached hydrogen (secondary N) is 2. The Balaban J connectivity index is 1.53. The van der Waals surface area contributed by atoms with Crippen molar-refractivity contribution in [3.05, 3.63) is 30.1 Å². The average Bonchev–Trinajstić information content (AvgIpc) is 2.82. The number of rotatable bonds is 4. The summed E-state index contributed by atoms with van der Waals surface area (Å²) in [5.41, 5.74) is 2.25. The lowest BCUT2D eigenvalue weighted by atomic mass is 9.94. The summed E-state index contributed by atoms with van der Waals surface area (Å²) >= 11 is 0. The van der Waals surface area contributed by atoms with E-state index in [-0.39, 0.29) is 0 Å². The maximum Gasteiger partial charge on any atom is 0.107 e. The molecule has 3 heteroatoms. The maximum atomic E-state index is 4.62. The molecule has 18 heavy (non-hydrogen) atoms. The number of aromatic nitrogens is 2. The molecular weight excluding hydrogens is 222 g/mol. The van der Waals surface area contributed by atoms with E-state index in [0.29, 0.717) is 0 Å². The first-order chi connectivity index (χ1) is 8.92. The van der Waals surface area contributed by atoms with Gasteiger partial charge in [0.25, 0.3) is 0 Å². The van der Waals surface area contributed by atoms with Crippen molar-refractivity contribution >= 4 is 11.0 Å². The fourth-order valence-electron chi connectivity index (χ4n) is 2.85. The lowest BCUT2D eigenvalue weighted by Crippen LogP contribution is -2.29. The SMILES string of the molecule is c1ccc2[nH]c(CCCC3CCCNC3)nc2c1. The molecule has 1 aliphatic rings. The van der Waals surface area contributed by atoms with Crippen LogP contribution in [-0.2, 0) is 6.42 Å². The minimum atomic E-state index is 0.878. The number of aromatic amines is 1. The second-order valence-corrected chi connectivity index (χ2v) is 5.31. The van der Waals surface area contributed by atoms with E-state index in [0.717, 1.165) is 29.2 Å². The van der Waals surface area contributed by atoms with Gasteiger partial charge < -0.3 is 10.3 Å². The Morgan fingerprint density at radius 3 is 3.06 bits per heavy atom. The molecule has 1 aliphatic heterocycles. The number of fused-ring (bicyclic) bond motifs is 1. The average molecular weight is 243 g/mol. The van der Waals surface area contributed by atoms with Crippen LogP contribution in [0.3, 0.4) is 0 Å². The number of hydrogen-bond acceptors (Lipinski definition) is 2. The Labute approximate surface area is 108 Å². The number of H-pyrrole nitrogens is 1. The van der Waals surface area contributed by atoms with Gasteiger partial charge in [-0.05, 0) is 56.8 Å². The lowest BCUT2D eigenvalue weighted by molar-refractivity contribution is 0.350. The van der Waals surface area contributed by atoms with Crippen LogP contribution in [0.1, 0.15) is 31.5 Å². The summed E-state index contributed by atoms with van der Waals surface area (Å²) in [4.78, 5) is 8.03. The molecule has 1 fully saturated rings. The molecule has 1 atom stereocenters. The summed E-state index contributed by atoms with van der Waals surface area (Å²) in [6.07, 6.45) is 6.38. The fourth-order valence-corrected chi connectivity index (χ4v) is 2.85. The molecule has 2 N–H and O–H groups in total. The minimum Gasteiger partial charge on any atom is -0.342 e. The van der Waals surface area contributed by atoms with Gasteiger partial charge in [-0.1, -0.05) is 12.1 Å². The molecule has 1 aromatic carbocycles. The largest absolute Gasteiger partial charge is 0.342 e. The van der Waals surface area contributed by atoms with Crippen LogP contribution in [0.15, 0.2) is 24.3 Å². The molecule has 96 valence electrons. The maximum absolute atomic E-state index is 4.62. The van der Waals surface area contributed by atoms with Crippen LogP contribution in [0.25, 0.3) is 11.0 Å². The van der Waals surface area contributed by atoms with Crippen LogP contribution in [0, 0.1) is 5.92 Å². The van der Waals surface area contributed by atoms with E-state index in [1.807, 2.05) is 6.07 Å². The van der Waals surface area contributed by atoms with Gasteiger partial charge in [-0.15, -0.1) is 0 Å². The number of imidazole rings is 1. The van der Waals surface area contributed by atoms with Crippen molar-refractivity contribution in [2.24, 2.45) is 5.92 Å². The van der Waals surface area contributed by atoms with E-state index in [4.69, 9.17) is 0 Å². The van der Waals surface area contributed by atoms with Gasteiger partial charge in [0.2, 0.25) is 0 Å². The highest BCUT2D eigenvalue weighted by Gasteiger charge is 2.12. The minimum absolute atomic E-state index is 0.878. The van der Waals surface area contributed by atoms with Gasteiger partial charge >= 0.3 is 0 Å². The van der Waals surface area contributed by atoms with Crippen molar-refractivity contribution in [3.8, 4) is 0 Å². The van der Waals surface area contributed by atoms with Crippen molar-refractivity contribution < 1.29 is 0 Å². The fraction of sp³-hybridized carbons (Fsp3) is 0.533. The van der Waals surface area contributed by atoms with Crippen LogP contribution in [-0.4, -0.2) is 23.1 Å². The Hall–Kier alpha value is -1.35. The second-order valence-electron chi connectivity index (χ2n) is 5.31. The predicted octanol–water partition coefficient (Wildman–Crippen LogP) is 2.89. The molecule has 0 radical (unpaired) electrons. The summed E-state index contributed by atoms with van der Waals surface area (Å²) in [6, 6.07) is 8.26. The molecule has 0 saturated carbocycles. The summed E-state index contributed by atoms with van der Waals surface area (Å²) in [6.45, 7) is 2.42. The molecule has 0 amide bonds. The topological polar surface area (TPSA) is 40.7 Å². The third-order valence-corrected chi connectivity index (χ3v) is 3.86. The molecule has 2 heterocycles. The van der Waals surface area contributed by atoms with Crippen LogP contribution in [0.5, 0.6) is 0 Å². The first-order valence-corrected chi connectivity index (χ1v) is 7.06. The van der Waals surface area contributed by atoms with Gasteiger partial charge in [-0.3, -0.25) is 0 Å². The van der Waals surface area contributed by atoms with Crippen molar-refractivity contribution in [1.29, 1.82) is 0 Å². The Morgan fingerprint density at radius 2 is 2.22 bits per heavy atom. The summed E-state index contributed by atoms with van der Waals surface area (Å²) in [5.74, 6) is 2.02. The van der Waals surface area contributed by atoms with E-state index in [2.05, 4.69) is 33.5 Å². The zero-order chi connectivity index (χ0) is 12.2. The van der Waals surface area contributed by atoms with Gasteiger partial charge in [0.1, 0.15) is 5.82 Å². The zero-order valence-corrected chi connectivity index (χ0v) is 10.8.